The number of rotatable bonds is 6. The van der Waals surface area contributed by atoms with Crippen LogP contribution in [-0.4, -0.2) is 31.9 Å². The minimum atomic E-state index is -0.163. The number of aromatic nitrogens is 3. The van der Waals surface area contributed by atoms with Gasteiger partial charge in [-0.2, -0.15) is 0 Å². The SMILES string of the molecule is CCC(C)(CCO)Nc1nn2cc(-c3ccc(Cl)cc3)nc2s1. The third-order valence-corrected chi connectivity index (χ3v) is 5.13. The van der Waals surface area contributed by atoms with Gasteiger partial charge in [0.2, 0.25) is 10.1 Å². The molecule has 2 N–H and O–H groups in total. The molecule has 1 atom stereocenters. The van der Waals surface area contributed by atoms with E-state index in [2.05, 4.69) is 29.2 Å². The summed E-state index contributed by atoms with van der Waals surface area (Å²) in [6, 6.07) is 7.60. The molecule has 3 aromatic rings. The van der Waals surface area contributed by atoms with Crippen LogP contribution < -0.4 is 5.32 Å². The number of imidazole rings is 1. The monoisotopic (exact) mass is 350 g/mol. The highest BCUT2D eigenvalue weighted by atomic mass is 35.5. The molecule has 0 fully saturated rings. The third-order valence-electron chi connectivity index (χ3n) is 4.04. The van der Waals surface area contributed by atoms with Gasteiger partial charge in [-0.3, -0.25) is 0 Å². The number of hydrogen-bond donors (Lipinski definition) is 2. The average Bonchev–Trinajstić information content (AvgIpc) is 3.06. The second-order valence-electron chi connectivity index (χ2n) is 5.78. The Labute approximate surface area is 143 Å². The van der Waals surface area contributed by atoms with E-state index in [9.17, 15) is 5.11 Å². The zero-order valence-corrected chi connectivity index (χ0v) is 14.7. The molecule has 0 aliphatic heterocycles. The smallest absolute Gasteiger partial charge is 0.214 e. The first-order chi connectivity index (χ1) is 11.0. The van der Waals surface area contributed by atoms with Crippen LogP contribution in [-0.2, 0) is 0 Å². The topological polar surface area (TPSA) is 62.5 Å². The maximum Gasteiger partial charge on any atom is 0.214 e. The van der Waals surface area contributed by atoms with Gasteiger partial charge in [0.1, 0.15) is 0 Å². The predicted octanol–water partition coefficient (Wildman–Crippen LogP) is 4.07. The average molecular weight is 351 g/mol. The number of fused-ring (bicyclic) bond motifs is 1. The largest absolute Gasteiger partial charge is 0.396 e. The summed E-state index contributed by atoms with van der Waals surface area (Å²) < 4.78 is 1.78. The van der Waals surface area contributed by atoms with E-state index in [-0.39, 0.29) is 12.1 Å². The van der Waals surface area contributed by atoms with Gasteiger partial charge in [0.25, 0.3) is 0 Å². The number of aliphatic hydroxyl groups excluding tert-OH is 1. The molecule has 5 nitrogen and oxygen atoms in total. The van der Waals surface area contributed by atoms with E-state index >= 15 is 0 Å². The van der Waals surface area contributed by atoms with Crippen molar-refractivity contribution < 1.29 is 5.11 Å². The quantitative estimate of drug-likeness (QED) is 0.703. The molecule has 0 amide bonds. The van der Waals surface area contributed by atoms with E-state index in [1.165, 1.54) is 11.3 Å². The standard InChI is InChI=1S/C16H19ClN4OS/c1-3-16(2,8-9-22)19-14-20-21-10-13(18-15(21)23-14)11-4-6-12(17)7-5-11/h4-7,10,22H,3,8-9H2,1-2H3,(H,19,20). The van der Waals surface area contributed by atoms with Crippen LogP contribution in [0.3, 0.4) is 0 Å². The Morgan fingerprint density at radius 1 is 1.35 bits per heavy atom. The van der Waals surface area contributed by atoms with Crippen molar-refractivity contribution >= 4 is 33.0 Å². The zero-order valence-electron chi connectivity index (χ0n) is 13.1. The fourth-order valence-corrected chi connectivity index (χ4v) is 3.40. The van der Waals surface area contributed by atoms with Crippen LogP contribution in [0.2, 0.25) is 5.02 Å². The number of nitrogens with zero attached hydrogens (tertiary/aromatic N) is 3. The van der Waals surface area contributed by atoms with Gasteiger partial charge < -0.3 is 10.4 Å². The summed E-state index contributed by atoms with van der Waals surface area (Å²) in [4.78, 5) is 5.45. The predicted molar refractivity (Wildman–Crippen MR) is 95.3 cm³/mol. The van der Waals surface area contributed by atoms with Crippen molar-refractivity contribution in [2.24, 2.45) is 0 Å². The Morgan fingerprint density at radius 3 is 2.70 bits per heavy atom. The molecule has 0 radical (unpaired) electrons. The number of aliphatic hydroxyl groups is 1. The highest BCUT2D eigenvalue weighted by molar-refractivity contribution is 7.20. The Hall–Kier alpha value is -1.63. The highest BCUT2D eigenvalue weighted by Crippen LogP contribution is 2.28. The Morgan fingerprint density at radius 2 is 2.09 bits per heavy atom. The second-order valence-corrected chi connectivity index (χ2v) is 7.17. The van der Waals surface area contributed by atoms with E-state index in [1.807, 2.05) is 30.5 Å². The molecule has 0 saturated carbocycles. The summed E-state index contributed by atoms with van der Waals surface area (Å²) in [6.07, 6.45) is 3.50. The summed E-state index contributed by atoms with van der Waals surface area (Å²) >= 11 is 7.42. The minimum absolute atomic E-state index is 0.153. The Kier molecular flexibility index (Phi) is 4.57. The number of nitrogens with one attached hydrogen (secondary N) is 1. The zero-order chi connectivity index (χ0) is 16.4. The fraction of sp³-hybridized carbons (Fsp3) is 0.375. The molecule has 1 unspecified atom stereocenters. The number of hydrogen-bond acceptors (Lipinski definition) is 5. The number of benzene rings is 1. The van der Waals surface area contributed by atoms with Crippen LogP contribution in [0.25, 0.3) is 16.2 Å². The van der Waals surface area contributed by atoms with E-state index < -0.39 is 0 Å². The molecule has 0 aliphatic carbocycles. The van der Waals surface area contributed by atoms with E-state index in [1.54, 1.807) is 4.52 Å². The maximum absolute atomic E-state index is 9.21. The lowest BCUT2D eigenvalue weighted by Crippen LogP contribution is -2.35. The molecular weight excluding hydrogens is 332 g/mol. The Bertz CT molecular complexity index is 767. The minimum Gasteiger partial charge on any atom is -0.396 e. The number of anilines is 1. The lowest BCUT2D eigenvalue weighted by atomic mass is 9.95. The van der Waals surface area contributed by atoms with Crippen LogP contribution in [0, 0.1) is 0 Å². The van der Waals surface area contributed by atoms with Gasteiger partial charge in [-0.05, 0) is 31.9 Å². The molecule has 23 heavy (non-hydrogen) atoms. The molecule has 122 valence electrons. The molecule has 3 rings (SSSR count). The van der Waals surface area contributed by atoms with Crippen molar-refractivity contribution in [2.75, 3.05) is 11.9 Å². The molecule has 0 aliphatic rings. The summed E-state index contributed by atoms with van der Waals surface area (Å²) in [7, 11) is 0. The van der Waals surface area contributed by atoms with Crippen molar-refractivity contribution in [3.05, 3.63) is 35.5 Å². The second kappa shape index (κ2) is 6.47. The molecule has 2 heterocycles. The molecule has 1 aromatic carbocycles. The van der Waals surface area contributed by atoms with Gasteiger partial charge in [-0.1, -0.05) is 42.0 Å². The number of halogens is 1. The summed E-state index contributed by atoms with van der Waals surface area (Å²) in [5.74, 6) is 0. The molecule has 0 spiro atoms. The van der Waals surface area contributed by atoms with E-state index in [0.29, 0.717) is 11.4 Å². The van der Waals surface area contributed by atoms with Gasteiger partial charge in [0.15, 0.2) is 0 Å². The molecule has 0 bridgehead atoms. The van der Waals surface area contributed by atoms with Crippen LogP contribution in [0.15, 0.2) is 30.5 Å². The first kappa shape index (κ1) is 16.2. The molecule has 0 saturated heterocycles. The van der Waals surface area contributed by atoms with E-state index in [4.69, 9.17) is 11.6 Å². The first-order valence-corrected chi connectivity index (χ1v) is 8.73. The lowest BCUT2D eigenvalue weighted by Gasteiger charge is -2.28. The summed E-state index contributed by atoms with van der Waals surface area (Å²) in [5.41, 5.74) is 1.73. The maximum atomic E-state index is 9.21. The summed E-state index contributed by atoms with van der Waals surface area (Å²) in [6.45, 7) is 4.34. The fourth-order valence-electron chi connectivity index (χ4n) is 2.34. The molecule has 2 aromatic heterocycles. The van der Waals surface area contributed by atoms with Gasteiger partial charge in [-0.25, -0.2) is 9.50 Å². The van der Waals surface area contributed by atoms with Crippen LogP contribution in [0.4, 0.5) is 5.13 Å². The van der Waals surface area contributed by atoms with Crippen molar-refractivity contribution in [3.63, 3.8) is 0 Å². The first-order valence-electron chi connectivity index (χ1n) is 7.54. The third kappa shape index (κ3) is 3.49. The van der Waals surface area contributed by atoms with Crippen molar-refractivity contribution in [1.29, 1.82) is 0 Å². The van der Waals surface area contributed by atoms with Crippen molar-refractivity contribution in [3.8, 4) is 11.3 Å². The van der Waals surface area contributed by atoms with Crippen molar-refractivity contribution in [1.82, 2.24) is 14.6 Å². The van der Waals surface area contributed by atoms with Gasteiger partial charge in [0, 0.05) is 22.7 Å². The Balaban J connectivity index is 1.84. The van der Waals surface area contributed by atoms with E-state index in [0.717, 1.165) is 27.8 Å². The van der Waals surface area contributed by atoms with Crippen molar-refractivity contribution in [2.45, 2.75) is 32.2 Å². The van der Waals surface area contributed by atoms with Crippen LogP contribution in [0.1, 0.15) is 26.7 Å². The van der Waals surface area contributed by atoms with Crippen LogP contribution in [0.5, 0.6) is 0 Å². The molecular formula is C16H19ClN4OS. The van der Waals surface area contributed by atoms with Gasteiger partial charge >= 0.3 is 0 Å². The lowest BCUT2D eigenvalue weighted by molar-refractivity contribution is 0.252. The summed E-state index contributed by atoms with van der Waals surface area (Å²) in [5, 5.41) is 18.7. The van der Waals surface area contributed by atoms with Crippen LogP contribution >= 0.6 is 22.9 Å². The van der Waals surface area contributed by atoms with Gasteiger partial charge in [0.05, 0.1) is 11.9 Å². The normalized spacial score (nSPS) is 14.1. The molecule has 7 heteroatoms. The van der Waals surface area contributed by atoms with Gasteiger partial charge in [-0.15, -0.1) is 5.10 Å². The highest BCUT2D eigenvalue weighted by Gasteiger charge is 2.23.